The van der Waals surface area contributed by atoms with Gasteiger partial charge in [-0.3, -0.25) is 0 Å². The van der Waals surface area contributed by atoms with Gasteiger partial charge in [0.25, 0.3) is 0 Å². The molecule has 0 fully saturated rings. The molecule has 20 heavy (non-hydrogen) atoms. The fourth-order valence-electron chi connectivity index (χ4n) is 1.75. The van der Waals surface area contributed by atoms with Crippen molar-refractivity contribution in [3.63, 3.8) is 0 Å². The quantitative estimate of drug-likeness (QED) is 0.785. The lowest BCUT2D eigenvalue weighted by Crippen LogP contribution is -2.40. The van der Waals surface area contributed by atoms with Gasteiger partial charge in [-0.25, -0.2) is 17.5 Å². The van der Waals surface area contributed by atoms with E-state index in [1.54, 1.807) is 13.8 Å². The van der Waals surface area contributed by atoms with E-state index in [0.29, 0.717) is 12.2 Å². The van der Waals surface area contributed by atoms with Crippen LogP contribution in [0.1, 0.15) is 26.3 Å². The lowest BCUT2D eigenvalue weighted by Gasteiger charge is -2.25. The summed E-state index contributed by atoms with van der Waals surface area (Å²) in [4.78, 5) is -0.0244. The van der Waals surface area contributed by atoms with Crippen LogP contribution in [0.2, 0.25) is 0 Å². The second kappa shape index (κ2) is 6.07. The van der Waals surface area contributed by atoms with Crippen LogP contribution in [-0.2, 0) is 14.8 Å². The van der Waals surface area contributed by atoms with Gasteiger partial charge in [-0.05, 0) is 45.4 Å². The molecule has 1 aromatic rings. The first-order valence-corrected chi connectivity index (χ1v) is 7.76. The molecule has 0 bridgehead atoms. The zero-order chi connectivity index (χ0) is 15.6. The molecule has 0 heterocycles. The van der Waals surface area contributed by atoms with E-state index in [1.165, 1.54) is 6.92 Å². The van der Waals surface area contributed by atoms with Gasteiger partial charge in [0, 0.05) is 13.2 Å². The van der Waals surface area contributed by atoms with E-state index < -0.39 is 21.4 Å². The van der Waals surface area contributed by atoms with E-state index in [4.69, 9.17) is 10.5 Å². The molecule has 0 radical (unpaired) electrons. The number of aryl methyl sites for hydroxylation is 1. The molecule has 0 atom stereocenters. The molecule has 1 aromatic carbocycles. The summed E-state index contributed by atoms with van der Waals surface area (Å²) in [6.07, 6.45) is 0. The molecule has 5 nitrogen and oxygen atoms in total. The van der Waals surface area contributed by atoms with Gasteiger partial charge in [-0.2, -0.15) is 0 Å². The summed E-state index contributed by atoms with van der Waals surface area (Å²) in [5.41, 5.74) is 4.91. The molecule has 0 aliphatic rings. The number of rotatable bonds is 6. The van der Waals surface area contributed by atoms with Crippen molar-refractivity contribution < 1.29 is 17.5 Å². The van der Waals surface area contributed by atoms with E-state index in [0.717, 1.165) is 12.1 Å². The first-order chi connectivity index (χ1) is 9.09. The molecule has 0 aliphatic carbocycles. The Morgan fingerprint density at radius 3 is 2.55 bits per heavy atom. The van der Waals surface area contributed by atoms with E-state index >= 15 is 0 Å². The summed E-state index contributed by atoms with van der Waals surface area (Å²) in [5, 5.41) is 0. The molecule has 3 N–H and O–H groups in total. The Hall–Kier alpha value is -1.18. The lowest BCUT2D eigenvalue weighted by atomic mass is 10.1. The van der Waals surface area contributed by atoms with Gasteiger partial charge >= 0.3 is 0 Å². The minimum atomic E-state index is -3.76. The monoisotopic (exact) mass is 304 g/mol. The number of halogens is 1. The first-order valence-electron chi connectivity index (χ1n) is 6.28. The third-order valence-corrected chi connectivity index (χ3v) is 4.35. The van der Waals surface area contributed by atoms with Crippen molar-refractivity contribution in [1.82, 2.24) is 4.72 Å². The number of hydrogen-bond acceptors (Lipinski definition) is 4. The normalized spacial score (nSPS) is 12.7. The third kappa shape index (κ3) is 4.16. The van der Waals surface area contributed by atoms with Gasteiger partial charge in [0.2, 0.25) is 10.0 Å². The zero-order valence-corrected chi connectivity index (χ0v) is 13.0. The summed E-state index contributed by atoms with van der Waals surface area (Å²) >= 11 is 0. The Labute approximate surface area is 119 Å². The van der Waals surface area contributed by atoms with E-state index in [-0.39, 0.29) is 17.1 Å². The SMILES string of the molecule is CCOC(C)(C)CNS(=O)(=O)c1cc(N)c(F)cc1C. The van der Waals surface area contributed by atoms with Crippen molar-refractivity contribution >= 4 is 15.7 Å². The second-order valence-electron chi connectivity index (χ2n) is 5.16. The standard InChI is InChI=1S/C13H21FN2O3S/c1-5-19-13(3,4)8-16-20(17,18)12-7-11(15)10(14)6-9(12)2/h6-7,16H,5,8,15H2,1-4H3. The van der Waals surface area contributed by atoms with E-state index in [9.17, 15) is 12.8 Å². The largest absolute Gasteiger partial charge is 0.396 e. The maximum Gasteiger partial charge on any atom is 0.241 e. The van der Waals surface area contributed by atoms with Crippen LogP contribution in [0.4, 0.5) is 10.1 Å². The van der Waals surface area contributed by atoms with Crippen LogP contribution >= 0.6 is 0 Å². The highest BCUT2D eigenvalue weighted by atomic mass is 32.2. The smallest absolute Gasteiger partial charge is 0.241 e. The molecule has 0 aliphatic heterocycles. The van der Waals surface area contributed by atoms with E-state index in [1.807, 2.05) is 6.92 Å². The molecule has 0 saturated carbocycles. The van der Waals surface area contributed by atoms with Crippen molar-refractivity contribution in [3.8, 4) is 0 Å². The summed E-state index contributed by atoms with van der Waals surface area (Å²) in [7, 11) is -3.76. The van der Waals surface area contributed by atoms with E-state index in [2.05, 4.69) is 4.72 Å². The van der Waals surface area contributed by atoms with Crippen molar-refractivity contribution in [2.75, 3.05) is 18.9 Å². The molecule has 114 valence electrons. The Balaban J connectivity index is 2.98. The molecule has 1 rings (SSSR count). The lowest BCUT2D eigenvalue weighted by molar-refractivity contribution is -0.00515. The van der Waals surface area contributed by atoms with Gasteiger partial charge in [0.1, 0.15) is 5.82 Å². The predicted octanol–water partition coefficient (Wildman–Crippen LogP) is 1.81. The van der Waals surface area contributed by atoms with Crippen LogP contribution in [0, 0.1) is 12.7 Å². The van der Waals surface area contributed by atoms with Crippen molar-refractivity contribution in [2.24, 2.45) is 0 Å². The maximum absolute atomic E-state index is 13.3. The molecule has 0 amide bonds. The molecule has 0 spiro atoms. The number of sulfonamides is 1. The zero-order valence-electron chi connectivity index (χ0n) is 12.2. The highest BCUT2D eigenvalue weighted by Gasteiger charge is 2.24. The summed E-state index contributed by atoms with van der Waals surface area (Å²) < 4.78 is 45.6. The average molecular weight is 304 g/mol. The molecule has 0 unspecified atom stereocenters. The van der Waals surface area contributed by atoms with Gasteiger partial charge in [-0.15, -0.1) is 0 Å². The number of nitrogens with one attached hydrogen (secondary N) is 1. The predicted molar refractivity (Wildman–Crippen MR) is 76.4 cm³/mol. The third-order valence-electron chi connectivity index (χ3n) is 2.81. The molecular weight excluding hydrogens is 283 g/mol. The van der Waals surface area contributed by atoms with Crippen molar-refractivity contribution in [2.45, 2.75) is 38.2 Å². The van der Waals surface area contributed by atoms with Crippen LogP contribution in [0.25, 0.3) is 0 Å². The van der Waals surface area contributed by atoms with Crippen molar-refractivity contribution in [3.05, 3.63) is 23.5 Å². The molecule has 0 aromatic heterocycles. The van der Waals surface area contributed by atoms with Crippen LogP contribution in [0.5, 0.6) is 0 Å². The van der Waals surface area contributed by atoms with Crippen LogP contribution in [0.3, 0.4) is 0 Å². The number of ether oxygens (including phenoxy) is 1. The highest BCUT2D eigenvalue weighted by molar-refractivity contribution is 7.89. The summed E-state index contributed by atoms with van der Waals surface area (Å²) in [6.45, 7) is 7.51. The number of anilines is 1. The van der Waals surface area contributed by atoms with Gasteiger partial charge in [0.05, 0.1) is 16.2 Å². The van der Waals surface area contributed by atoms with Crippen molar-refractivity contribution in [1.29, 1.82) is 0 Å². The number of hydrogen-bond donors (Lipinski definition) is 2. The van der Waals surface area contributed by atoms with Crippen LogP contribution in [-0.4, -0.2) is 27.2 Å². The van der Waals surface area contributed by atoms with Gasteiger partial charge < -0.3 is 10.5 Å². The summed E-state index contributed by atoms with van der Waals surface area (Å²) in [6, 6.07) is 2.23. The van der Waals surface area contributed by atoms with Crippen LogP contribution < -0.4 is 10.5 Å². The maximum atomic E-state index is 13.3. The first kappa shape index (κ1) is 16.9. The fraction of sp³-hybridized carbons (Fsp3) is 0.538. The second-order valence-corrected chi connectivity index (χ2v) is 6.89. The minimum Gasteiger partial charge on any atom is -0.396 e. The minimum absolute atomic E-state index is 0.0244. The average Bonchev–Trinajstić information content (AvgIpc) is 2.31. The van der Waals surface area contributed by atoms with Gasteiger partial charge in [0.15, 0.2) is 0 Å². The molecular formula is C13H21FN2O3S. The number of nitrogen functional groups attached to an aromatic ring is 1. The Morgan fingerprint density at radius 1 is 1.40 bits per heavy atom. The topological polar surface area (TPSA) is 81.4 Å². The Morgan fingerprint density at radius 2 is 2.00 bits per heavy atom. The fourth-order valence-corrected chi connectivity index (χ4v) is 3.20. The van der Waals surface area contributed by atoms with Gasteiger partial charge in [-0.1, -0.05) is 0 Å². The highest BCUT2D eigenvalue weighted by Crippen LogP contribution is 2.21. The Kier molecular flexibility index (Phi) is 5.12. The van der Waals surface area contributed by atoms with Crippen LogP contribution in [0.15, 0.2) is 17.0 Å². The summed E-state index contributed by atoms with van der Waals surface area (Å²) in [5.74, 6) is -0.629. The molecule has 7 heteroatoms. The molecule has 0 saturated heterocycles. The number of nitrogens with two attached hydrogens (primary N) is 1. The number of benzene rings is 1. The Bertz CT molecular complexity index is 586.